The molecule has 0 saturated heterocycles. The van der Waals surface area contributed by atoms with Crippen molar-refractivity contribution in [1.82, 2.24) is 10.2 Å². The van der Waals surface area contributed by atoms with Gasteiger partial charge in [-0.2, -0.15) is 18.3 Å². The third-order valence-electron chi connectivity index (χ3n) is 2.04. The molecule has 1 aromatic heterocycles. The van der Waals surface area contributed by atoms with Crippen LogP contribution >= 0.6 is 35.3 Å². The van der Waals surface area contributed by atoms with Crippen molar-refractivity contribution in [2.24, 2.45) is 0 Å². The molecule has 0 bridgehead atoms. The molecular weight excluding hydrogens is 301 g/mol. The van der Waals surface area contributed by atoms with Crippen molar-refractivity contribution in [3.8, 4) is 0 Å². The average molecular weight is 308 g/mol. The molecule has 1 N–H and O–H groups in total. The van der Waals surface area contributed by atoms with Crippen LogP contribution in [0.25, 0.3) is 0 Å². The van der Waals surface area contributed by atoms with Crippen LogP contribution in [0.3, 0.4) is 0 Å². The summed E-state index contributed by atoms with van der Waals surface area (Å²) in [5.74, 6) is 0.431. The largest absolute Gasteiger partial charge is 0.416 e. The van der Waals surface area contributed by atoms with E-state index in [9.17, 15) is 13.2 Å². The minimum absolute atomic E-state index is 0.431. The van der Waals surface area contributed by atoms with E-state index in [1.165, 1.54) is 29.2 Å². The van der Waals surface area contributed by atoms with E-state index in [0.717, 1.165) is 16.5 Å². The lowest BCUT2D eigenvalue weighted by Gasteiger charge is -2.07. The molecule has 0 amide bonds. The smallest absolute Gasteiger partial charge is 0.257 e. The number of rotatable bonds is 3. The highest BCUT2D eigenvalue weighted by Crippen LogP contribution is 2.31. The molecular formula is C10H7F3N2S3. The Morgan fingerprint density at radius 3 is 2.78 bits per heavy atom. The standard InChI is InChI=1S/C10H7F3N2S3/c11-10(12,13)7-3-1-2-6(4-7)5-17-9-15-14-8(16)18-9/h1-4H,5H2,(H,14,16). The van der Waals surface area contributed by atoms with Crippen molar-refractivity contribution in [1.29, 1.82) is 0 Å². The summed E-state index contributed by atoms with van der Waals surface area (Å²) in [5.41, 5.74) is -0.0220. The molecule has 0 saturated carbocycles. The Balaban J connectivity index is 2.08. The molecule has 0 aliphatic heterocycles. The van der Waals surface area contributed by atoms with Gasteiger partial charge in [-0.3, -0.25) is 5.10 Å². The molecule has 96 valence electrons. The molecule has 1 heterocycles. The number of benzene rings is 1. The van der Waals surface area contributed by atoms with Crippen molar-refractivity contribution in [2.75, 3.05) is 0 Å². The van der Waals surface area contributed by atoms with Gasteiger partial charge < -0.3 is 0 Å². The second-order valence-corrected chi connectivity index (χ2v) is 6.25. The van der Waals surface area contributed by atoms with Gasteiger partial charge in [0.15, 0.2) is 8.29 Å². The fourth-order valence-corrected chi connectivity index (χ4v) is 3.28. The summed E-state index contributed by atoms with van der Waals surface area (Å²) in [6.45, 7) is 0. The Kier molecular flexibility index (Phi) is 4.08. The van der Waals surface area contributed by atoms with E-state index in [4.69, 9.17) is 12.2 Å². The summed E-state index contributed by atoms with van der Waals surface area (Å²) in [6, 6.07) is 5.28. The van der Waals surface area contributed by atoms with Gasteiger partial charge in [-0.25, -0.2) is 0 Å². The van der Waals surface area contributed by atoms with Crippen LogP contribution in [0.4, 0.5) is 13.2 Å². The number of hydrogen-bond donors (Lipinski definition) is 1. The van der Waals surface area contributed by atoms with Gasteiger partial charge >= 0.3 is 6.18 Å². The number of nitrogens with one attached hydrogen (secondary N) is 1. The highest BCUT2D eigenvalue weighted by molar-refractivity contribution is 8.00. The monoisotopic (exact) mass is 308 g/mol. The lowest BCUT2D eigenvalue weighted by Crippen LogP contribution is -2.04. The van der Waals surface area contributed by atoms with Crippen LogP contribution in [0.15, 0.2) is 28.6 Å². The van der Waals surface area contributed by atoms with E-state index >= 15 is 0 Å². The molecule has 1 aromatic carbocycles. The van der Waals surface area contributed by atoms with Crippen LogP contribution in [0.5, 0.6) is 0 Å². The van der Waals surface area contributed by atoms with E-state index in [0.29, 0.717) is 15.3 Å². The Labute approximate surface area is 114 Å². The number of hydrogen-bond acceptors (Lipinski definition) is 4. The number of thioether (sulfide) groups is 1. The molecule has 0 aliphatic carbocycles. The third-order valence-corrected chi connectivity index (χ3v) is 4.34. The minimum Gasteiger partial charge on any atom is -0.257 e. The zero-order valence-electron chi connectivity index (χ0n) is 8.82. The molecule has 0 radical (unpaired) electrons. The molecule has 2 aromatic rings. The normalized spacial score (nSPS) is 11.7. The molecule has 0 unspecified atom stereocenters. The van der Waals surface area contributed by atoms with Gasteiger partial charge in [0.1, 0.15) is 0 Å². The van der Waals surface area contributed by atoms with Gasteiger partial charge in [-0.15, -0.1) is 0 Å². The number of aromatic nitrogens is 2. The third kappa shape index (κ3) is 3.56. The second-order valence-electron chi connectivity index (χ2n) is 3.37. The second kappa shape index (κ2) is 5.41. The van der Waals surface area contributed by atoms with Gasteiger partial charge in [0.2, 0.25) is 0 Å². The minimum atomic E-state index is -4.30. The first-order valence-electron chi connectivity index (χ1n) is 4.79. The predicted molar refractivity (Wildman–Crippen MR) is 68.3 cm³/mol. The maximum Gasteiger partial charge on any atom is 0.416 e. The van der Waals surface area contributed by atoms with E-state index in [1.54, 1.807) is 6.07 Å². The first-order chi connectivity index (χ1) is 8.45. The van der Waals surface area contributed by atoms with Crippen LogP contribution < -0.4 is 0 Å². The summed E-state index contributed by atoms with van der Waals surface area (Å²) in [7, 11) is 0. The molecule has 0 atom stereocenters. The SMILES string of the molecule is FC(F)(F)c1cccc(CSc2n[nH]c(=S)s2)c1. The molecule has 2 nitrogen and oxygen atoms in total. The lowest BCUT2D eigenvalue weighted by atomic mass is 10.1. The number of H-pyrrole nitrogens is 1. The number of aromatic amines is 1. The topological polar surface area (TPSA) is 28.7 Å². The van der Waals surface area contributed by atoms with E-state index in [-0.39, 0.29) is 0 Å². The summed E-state index contributed by atoms with van der Waals surface area (Å²) in [6.07, 6.45) is -4.30. The zero-order chi connectivity index (χ0) is 13.2. The fraction of sp³-hybridized carbons (Fsp3) is 0.200. The average Bonchev–Trinajstić information content (AvgIpc) is 2.72. The lowest BCUT2D eigenvalue weighted by molar-refractivity contribution is -0.137. The highest BCUT2D eigenvalue weighted by Gasteiger charge is 2.30. The predicted octanol–water partition coefficient (Wildman–Crippen LogP) is 4.51. The van der Waals surface area contributed by atoms with E-state index in [1.807, 2.05) is 0 Å². The van der Waals surface area contributed by atoms with Gasteiger partial charge in [0.05, 0.1) is 5.56 Å². The van der Waals surface area contributed by atoms with E-state index in [2.05, 4.69) is 10.2 Å². The quantitative estimate of drug-likeness (QED) is 0.668. The molecule has 2 rings (SSSR count). The van der Waals surface area contributed by atoms with Crippen molar-refractivity contribution >= 4 is 35.3 Å². The zero-order valence-corrected chi connectivity index (χ0v) is 11.3. The number of alkyl halides is 3. The molecule has 18 heavy (non-hydrogen) atoms. The van der Waals surface area contributed by atoms with Crippen molar-refractivity contribution in [3.63, 3.8) is 0 Å². The molecule has 0 spiro atoms. The van der Waals surface area contributed by atoms with Crippen LogP contribution in [0.1, 0.15) is 11.1 Å². The first-order valence-corrected chi connectivity index (χ1v) is 7.00. The Hall–Kier alpha value is -0.860. The van der Waals surface area contributed by atoms with Crippen molar-refractivity contribution in [2.45, 2.75) is 16.3 Å². The maximum absolute atomic E-state index is 12.5. The van der Waals surface area contributed by atoms with Crippen LogP contribution in [-0.2, 0) is 11.9 Å². The summed E-state index contributed by atoms with van der Waals surface area (Å²) >= 11 is 7.53. The van der Waals surface area contributed by atoms with Crippen LogP contribution in [0, 0.1) is 3.95 Å². The van der Waals surface area contributed by atoms with Crippen molar-refractivity contribution < 1.29 is 13.2 Å². The van der Waals surface area contributed by atoms with Gasteiger partial charge in [0, 0.05) is 5.75 Å². The maximum atomic E-state index is 12.5. The molecule has 0 fully saturated rings. The van der Waals surface area contributed by atoms with Gasteiger partial charge in [-0.1, -0.05) is 41.3 Å². The highest BCUT2D eigenvalue weighted by atomic mass is 32.2. The summed E-state index contributed by atoms with van der Waals surface area (Å²) in [4.78, 5) is 0. The molecule has 0 aliphatic rings. The Morgan fingerprint density at radius 1 is 1.39 bits per heavy atom. The Morgan fingerprint density at radius 2 is 2.17 bits per heavy atom. The van der Waals surface area contributed by atoms with E-state index < -0.39 is 11.7 Å². The number of nitrogens with zero attached hydrogens (tertiary/aromatic N) is 1. The first kappa shape index (κ1) is 13.6. The van der Waals surface area contributed by atoms with Gasteiger partial charge in [-0.05, 0) is 23.8 Å². The van der Waals surface area contributed by atoms with Crippen LogP contribution in [0.2, 0.25) is 0 Å². The summed E-state index contributed by atoms with van der Waals surface area (Å²) < 4.78 is 38.8. The molecule has 8 heteroatoms. The van der Waals surface area contributed by atoms with Crippen molar-refractivity contribution in [3.05, 3.63) is 39.3 Å². The summed E-state index contributed by atoms with van der Waals surface area (Å²) in [5, 5.41) is 6.56. The van der Waals surface area contributed by atoms with Gasteiger partial charge in [0.25, 0.3) is 0 Å². The fourth-order valence-electron chi connectivity index (χ4n) is 1.26. The van der Waals surface area contributed by atoms with Crippen LogP contribution in [-0.4, -0.2) is 10.2 Å². The Bertz CT molecular complexity index is 588. The number of halogens is 3.